The molecule has 3 heteroatoms. The van der Waals surface area contributed by atoms with Gasteiger partial charge in [0.2, 0.25) is 0 Å². The molecule has 1 aromatic carbocycles. The molecule has 1 aromatic rings. The summed E-state index contributed by atoms with van der Waals surface area (Å²) in [6, 6.07) is 6.58. The molecule has 0 saturated carbocycles. The van der Waals surface area contributed by atoms with Crippen molar-refractivity contribution in [1.29, 1.82) is 0 Å². The van der Waals surface area contributed by atoms with Gasteiger partial charge in [0.25, 0.3) is 0 Å². The molecular formula is C18H26N2O. The Labute approximate surface area is 127 Å². The Morgan fingerprint density at radius 1 is 1.29 bits per heavy atom. The molecule has 0 aromatic heterocycles. The molecule has 2 N–H and O–H groups in total. The molecule has 0 aliphatic carbocycles. The summed E-state index contributed by atoms with van der Waals surface area (Å²) < 4.78 is 6.42. The van der Waals surface area contributed by atoms with Crippen molar-refractivity contribution >= 4 is 6.08 Å². The number of nitrogens with two attached hydrogens (primary N) is 1. The molecule has 0 amide bonds. The lowest BCUT2D eigenvalue weighted by Crippen LogP contribution is -2.48. The molecule has 0 unspecified atom stereocenters. The molecule has 2 aliphatic rings. The number of hydrogen-bond acceptors (Lipinski definition) is 3. The highest BCUT2D eigenvalue weighted by atomic mass is 16.5. The number of piperidine rings is 1. The molecule has 0 radical (unpaired) electrons. The predicted octanol–water partition coefficient (Wildman–Crippen LogP) is 2.84. The van der Waals surface area contributed by atoms with Crippen molar-refractivity contribution in [2.75, 3.05) is 26.2 Å². The smallest absolute Gasteiger partial charge is 0.130 e. The van der Waals surface area contributed by atoms with Crippen molar-refractivity contribution in [2.24, 2.45) is 5.73 Å². The second-order valence-corrected chi connectivity index (χ2v) is 6.21. The average Bonchev–Trinajstić information content (AvgIpc) is 2.54. The van der Waals surface area contributed by atoms with E-state index in [9.17, 15) is 0 Å². The van der Waals surface area contributed by atoms with Gasteiger partial charge < -0.3 is 15.4 Å². The topological polar surface area (TPSA) is 38.5 Å². The van der Waals surface area contributed by atoms with Crippen LogP contribution in [0.3, 0.4) is 0 Å². The number of fused-ring (bicyclic) bond motifs is 1. The van der Waals surface area contributed by atoms with E-state index in [4.69, 9.17) is 10.5 Å². The van der Waals surface area contributed by atoms with Gasteiger partial charge in [-0.15, -0.1) is 0 Å². The van der Waals surface area contributed by atoms with E-state index in [0.717, 1.165) is 57.6 Å². The number of hydrogen-bond donors (Lipinski definition) is 1. The largest absolute Gasteiger partial charge is 0.482 e. The van der Waals surface area contributed by atoms with Crippen LogP contribution in [0.4, 0.5) is 0 Å². The van der Waals surface area contributed by atoms with Crippen LogP contribution < -0.4 is 10.5 Å². The maximum absolute atomic E-state index is 6.42. The van der Waals surface area contributed by atoms with E-state index in [1.165, 1.54) is 11.1 Å². The second-order valence-electron chi connectivity index (χ2n) is 6.21. The maximum Gasteiger partial charge on any atom is 0.130 e. The van der Waals surface area contributed by atoms with Crippen LogP contribution in [0.1, 0.15) is 37.3 Å². The maximum atomic E-state index is 6.42. The van der Waals surface area contributed by atoms with Crippen molar-refractivity contribution < 1.29 is 4.74 Å². The van der Waals surface area contributed by atoms with Crippen LogP contribution >= 0.6 is 0 Å². The van der Waals surface area contributed by atoms with Crippen molar-refractivity contribution in [3.8, 4) is 5.75 Å². The van der Waals surface area contributed by atoms with Gasteiger partial charge in [0.15, 0.2) is 0 Å². The van der Waals surface area contributed by atoms with Gasteiger partial charge in [0.1, 0.15) is 11.4 Å². The highest BCUT2D eigenvalue weighted by Gasteiger charge is 2.36. The number of likely N-dealkylation sites (tertiary alicyclic amines) is 1. The first-order chi connectivity index (χ1) is 10.2. The van der Waals surface area contributed by atoms with E-state index < -0.39 is 0 Å². The van der Waals surface area contributed by atoms with E-state index in [1.807, 2.05) is 0 Å². The fourth-order valence-corrected chi connectivity index (χ4v) is 3.26. The van der Waals surface area contributed by atoms with E-state index in [-0.39, 0.29) is 5.60 Å². The molecule has 114 valence electrons. The molecule has 21 heavy (non-hydrogen) atoms. The molecule has 3 nitrogen and oxygen atoms in total. The molecule has 2 aliphatic heterocycles. The van der Waals surface area contributed by atoms with Crippen LogP contribution in [0.25, 0.3) is 6.08 Å². The van der Waals surface area contributed by atoms with Gasteiger partial charge in [-0.3, -0.25) is 0 Å². The normalized spacial score (nSPS) is 20.3. The number of rotatable bonds is 4. The molecule has 2 heterocycles. The van der Waals surface area contributed by atoms with Gasteiger partial charge in [-0.1, -0.05) is 25.1 Å². The van der Waals surface area contributed by atoms with Gasteiger partial charge in [0, 0.05) is 31.5 Å². The minimum absolute atomic E-state index is 0.0847. The first-order valence-electron chi connectivity index (χ1n) is 8.18. The molecule has 0 bridgehead atoms. The Morgan fingerprint density at radius 2 is 2.10 bits per heavy atom. The van der Waals surface area contributed by atoms with Gasteiger partial charge in [-0.25, -0.2) is 0 Å². The first kappa shape index (κ1) is 14.6. The lowest BCUT2D eigenvalue weighted by Gasteiger charge is -2.42. The van der Waals surface area contributed by atoms with Gasteiger partial charge >= 0.3 is 0 Å². The standard InChI is InChI=1S/C18H26N2O/c1-2-15-4-5-16-6-7-18(21-17(16)14-15)8-12-20(13-9-18)11-3-10-19/h4-7,14H,2-3,8-13,19H2,1H3. The van der Waals surface area contributed by atoms with Crippen LogP contribution in [0, 0.1) is 0 Å². The van der Waals surface area contributed by atoms with Gasteiger partial charge in [0.05, 0.1) is 0 Å². The quantitative estimate of drug-likeness (QED) is 0.925. The fourth-order valence-electron chi connectivity index (χ4n) is 3.26. The van der Waals surface area contributed by atoms with Gasteiger partial charge in [-0.05, 0) is 43.6 Å². The minimum Gasteiger partial charge on any atom is -0.482 e. The third kappa shape index (κ3) is 3.14. The zero-order valence-electron chi connectivity index (χ0n) is 13.0. The van der Waals surface area contributed by atoms with E-state index >= 15 is 0 Å². The number of nitrogens with zero attached hydrogens (tertiary/aromatic N) is 1. The monoisotopic (exact) mass is 286 g/mol. The number of ether oxygens (including phenoxy) is 1. The molecule has 0 atom stereocenters. The summed E-state index contributed by atoms with van der Waals surface area (Å²) in [4.78, 5) is 2.51. The van der Waals surface area contributed by atoms with Crippen LogP contribution in [0.2, 0.25) is 0 Å². The van der Waals surface area contributed by atoms with Crippen molar-refractivity contribution in [1.82, 2.24) is 4.90 Å². The lowest BCUT2D eigenvalue weighted by atomic mass is 9.88. The Kier molecular flexibility index (Phi) is 4.32. The third-order valence-corrected chi connectivity index (χ3v) is 4.75. The molecule has 1 saturated heterocycles. The fraction of sp³-hybridized carbons (Fsp3) is 0.556. The summed E-state index contributed by atoms with van der Waals surface area (Å²) in [6.07, 6.45) is 8.81. The summed E-state index contributed by atoms with van der Waals surface area (Å²) in [7, 11) is 0. The van der Waals surface area contributed by atoms with E-state index in [2.05, 4.69) is 42.2 Å². The SMILES string of the molecule is CCc1ccc2c(c1)OC1(C=C2)CCN(CCCN)CC1. The summed E-state index contributed by atoms with van der Waals surface area (Å²) in [5.74, 6) is 1.06. The van der Waals surface area contributed by atoms with Gasteiger partial charge in [-0.2, -0.15) is 0 Å². The predicted molar refractivity (Wildman–Crippen MR) is 87.6 cm³/mol. The average molecular weight is 286 g/mol. The summed E-state index contributed by atoms with van der Waals surface area (Å²) >= 11 is 0. The van der Waals surface area contributed by atoms with Crippen LogP contribution in [0.15, 0.2) is 24.3 Å². The van der Waals surface area contributed by atoms with E-state index in [0.29, 0.717) is 0 Å². The molecular weight excluding hydrogens is 260 g/mol. The molecule has 1 fully saturated rings. The van der Waals surface area contributed by atoms with Crippen LogP contribution in [-0.4, -0.2) is 36.7 Å². The highest BCUT2D eigenvalue weighted by Crippen LogP contribution is 2.37. The summed E-state index contributed by atoms with van der Waals surface area (Å²) in [6.45, 7) is 6.30. The van der Waals surface area contributed by atoms with Crippen molar-refractivity contribution in [2.45, 2.75) is 38.2 Å². The second kappa shape index (κ2) is 6.20. The molecule has 3 rings (SSSR count). The van der Waals surface area contributed by atoms with Crippen molar-refractivity contribution in [3.63, 3.8) is 0 Å². The molecule has 1 spiro atoms. The van der Waals surface area contributed by atoms with Crippen LogP contribution in [-0.2, 0) is 6.42 Å². The lowest BCUT2D eigenvalue weighted by molar-refractivity contribution is 0.0386. The number of aryl methyl sites for hydroxylation is 1. The number of benzene rings is 1. The minimum atomic E-state index is -0.0847. The Hall–Kier alpha value is -1.32. The van der Waals surface area contributed by atoms with E-state index in [1.54, 1.807) is 0 Å². The Morgan fingerprint density at radius 3 is 2.81 bits per heavy atom. The zero-order chi connectivity index (χ0) is 14.7. The summed E-state index contributed by atoms with van der Waals surface area (Å²) in [5.41, 5.74) is 8.07. The third-order valence-electron chi connectivity index (χ3n) is 4.75. The first-order valence-corrected chi connectivity index (χ1v) is 8.18. The zero-order valence-corrected chi connectivity index (χ0v) is 13.0. The Balaban J connectivity index is 1.69. The van der Waals surface area contributed by atoms with Crippen molar-refractivity contribution in [3.05, 3.63) is 35.4 Å². The van der Waals surface area contributed by atoms with Crippen LogP contribution in [0.5, 0.6) is 5.75 Å². The Bertz CT molecular complexity index is 516. The summed E-state index contributed by atoms with van der Waals surface area (Å²) in [5, 5.41) is 0. The highest BCUT2D eigenvalue weighted by molar-refractivity contribution is 5.62.